The molecule has 1 saturated heterocycles. The van der Waals surface area contributed by atoms with Crippen LogP contribution >= 0.6 is 19.4 Å². The van der Waals surface area contributed by atoms with E-state index in [1.54, 1.807) is 0 Å². The molecule has 0 unspecified atom stereocenters. The van der Waals surface area contributed by atoms with E-state index in [1.807, 2.05) is 0 Å². The molecule has 0 spiro atoms. The van der Waals surface area contributed by atoms with Gasteiger partial charge in [-0.1, -0.05) is 0 Å². The molecule has 1 aliphatic heterocycles. The molecular formula is C22H28Cl2N2Ru. The molecule has 2 aromatic carbocycles. The summed E-state index contributed by atoms with van der Waals surface area (Å²) in [5.41, 5.74) is 9.99. The standard InChI is InChI=1S/C21H26N2.CH2.2ClH.Ru/c1-14-9-16(3)20(17(4)10-14)22-7-8-23(13-22)21-18(5)11-15(2)12-19(21)6;;;;/h9-12H,7-8H2,1-6H3;1H2;2*1H;/q;;;;+2/p-2. The third-order valence-corrected chi connectivity index (χ3v) is 8.51. The summed E-state index contributed by atoms with van der Waals surface area (Å²) in [6, 6.07) is 8.90. The molecule has 1 heterocycles. The van der Waals surface area contributed by atoms with Crippen molar-refractivity contribution in [2.45, 2.75) is 41.5 Å². The van der Waals surface area contributed by atoms with Crippen LogP contribution in [0.1, 0.15) is 33.4 Å². The zero-order valence-electron chi connectivity index (χ0n) is 16.9. The minimum atomic E-state index is -3.24. The molecule has 27 heavy (non-hydrogen) atoms. The molecule has 1 aliphatic rings. The number of hydrogen-bond donors (Lipinski definition) is 0. The first kappa shape index (κ1) is 20.7. The zero-order valence-corrected chi connectivity index (χ0v) is 20.2. The van der Waals surface area contributed by atoms with Gasteiger partial charge in [0.25, 0.3) is 0 Å². The fraction of sp³-hybridized carbons (Fsp3) is 0.364. The Bertz CT molecular complexity index is 911. The van der Waals surface area contributed by atoms with Gasteiger partial charge in [0.05, 0.1) is 0 Å². The third kappa shape index (κ3) is 3.93. The Balaban J connectivity index is 2.22. The summed E-state index contributed by atoms with van der Waals surface area (Å²) in [5, 5.41) is 4.24. The number of rotatable bonds is 2. The second-order valence-electron chi connectivity index (χ2n) is 7.55. The average Bonchev–Trinajstić information content (AvgIpc) is 2.89. The number of anilines is 2. The van der Waals surface area contributed by atoms with E-state index in [0.717, 1.165) is 17.4 Å². The van der Waals surface area contributed by atoms with Gasteiger partial charge in [-0.15, -0.1) is 0 Å². The Hall–Kier alpha value is -1.02. The van der Waals surface area contributed by atoms with Crippen LogP contribution in [-0.2, 0) is 11.9 Å². The van der Waals surface area contributed by atoms with E-state index in [2.05, 4.69) is 80.7 Å². The quantitative estimate of drug-likeness (QED) is 0.486. The second kappa shape index (κ2) is 7.43. The molecule has 0 bridgehead atoms. The van der Waals surface area contributed by atoms with Gasteiger partial charge in [-0.05, 0) is 0 Å². The van der Waals surface area contributed by atoms with Crippen molar-refractivity contribution in [1.82, 2.24) is 0 Å². The molecule has 0 N–H and O–H groups in total. The summed E-state index contributed by atoms with van der Waals surface area (Å²) in [6.07, 6.45) is 0. The van der Waals surface area contributed by atoms with Gasteiger partial charge >= 0.3 is 174 Å². The van der Waals surface area contributed by atoms with Crippen LogP contribution in [0.15, 0.2) is 24.3 Å². The van der Waals surface area contributed by atoms with E-state index in [4.69, 9.17) is 19.4 Å². The first-order valence-electron chi connectivity index (χ1n) is 9.03. The number of aryl methyl sites for hydroxylation is 6. The van der Waals surface area contributed by atoms with Gasteiger partial charge in [-0.25, -0.2) is 0 Å². The van der Waals surface area contributed by atoms with E-state index in [-0.39, 0.29) is 0 Å². The molecule has 5 heteroatoms. The van der Waals surface area contributed by atoms with E-state index in [9.17, 15) is 0 Å². The van der Waals surface area contributed by atoms with Crippen molar-refractivity contribution in [3.63, 3.8) is 0 Å². The summed E-state index contributed by atoms with van der Waals surface area (Å²) >= 11 is -3.24. The molecule has 0 aromatic heterocycles. The van der Waals surface area contributed by atoms with Gasteiger partial charge < -0.3 is 0 Å². The topological polar surface area (TPSA) is 6.48 Å². The fourth-order valence-corrected chi connectivity index (χ4v) is 8.26. The maximum absolute atomic E-state index is 6.80. The Morgan fingerprint density at radius 2 is 1.00 bits per heavy atom. The van der Waals surface area contributed by atoms with Crippen LogP contribution in [0.5, 0.6) is 0 Å². The van der Waals surface area contributed by atoms with Crippen LogP contribution in [0.2, 0.25) is 0 Å². The van der Waals surface area contributed by atoms with Crippen LogP contribution in [0, 0.1) is 41.5 Å². The number of benzene rings is 2. The van der Waals surface area contributed by atoms with Crippen molar-refractivity contribution >= 4 is 40.2 Å². The molecule has 148 valence electrons. The van der Waals surface area contributed by atoms with Crippen LogP contribution in [0.3, 0.4) is 0 Å². The Morgan fingerprint density at radius 3 is 1.26 bits per heavy atom. The van der Waals surface area contributed by atoms with E-state index >= 15 is 0 Å². The first-order valence-corrected chi connectivity index (χ1v) is 15.6. The predicted molar refractivity (Wildman–Crippen MR) is 120 cm³/mol. The van der Waals surface area contributed by atoms with Gasteiger partial charge in [-0.3, -0.25) is 0 Å². The Morgan fingerprint density at radius 1 is 0.704 bits per heavy atom. The number of halogens is 2. The molecule has 0 amide bonds. The van der Waals surface area contributed by atoms with Gasteiger partial charge in [0.15, 0.2) is 0 Å². The van der Waals surface area contributed by atoms with Crippen molar-refractivity contribution < 1.29 is 11.9 Å². The average molecular weight is 492 g/mol. The normalized spacial score (nSPS) is 15.6. The van der Waals surface area contributed by atoms with Crippen molar-refractivity contribution in [3.05, 3.63) is 57.6 Å². The monoisotopic (exact) mass is 492 g/mol. The van der Waals surface area contributed by atoms with Crippen molar-refractivity contribution in [2.75, 3.05) is 22.9 Å². The van der Waals surface area contributed by atoms with Crippen molar-refractivity contribution in [3.8, 4) is 0 Å². The molecule has 0 atom stereocenters. The van der Waals surface area contributed by atoms with Gasteiger partial charge in [0.2, 0.25) is 0 Å². The van der Waals surface area contributed by atoms with Crippen LogP contribution in [-0.4, -0.2) is 22.6 Å². The summed E-state index contributed by atoms with van der Waals surface area (Å²) in [6.45, 7) is 14.7. The molecule has 2 nitrogen and oxygen atoms in total. The minimum absolute atomic E-state index is 0.865. The Labute approximate surface area is 173 Å². The molecule has 0 aliphatic carbocycles. The molecule has 3 rings (SSSR count). The molecule has 0 radical (unpaired) electrons. The number of hydrogen-bond acceptors (Lipinski definition) is 2. The maximum atomic E-state index is 6.80. The van der Waals surface area contributed by atoms with Crippen molar-refractivity contribution in [2.24, 2.45) is 0 Å². The first-order chi connectivity index (χ1) is 12.5. The molecular weight excluding hydrogens is 464 g/mol. The fourth-order valence-electron chi connectivity index (χ4n) is 4.40. The van der Waals surface area contributed by atoms with Gasteiger partial charge in [-0.2, -0.15) is 0 Å². The third-order valence-electron chi connectivity index (χ3n) is 5.02. The Kier molecular flexibility index (Phi) is 5.70. The predicted octanol–water partition coefficient (Wildman–Crippen LogP) is 5.84. The summed E-state index contributed by atoms with van der Waals surface area (Å²) in [5.74, 6) is 0. The number of nitrogens with zero attached hydrogens (tertiary/aromatic N) is 2. The van der Waals surface area contributed by atoms with Crippen LogP contribution in [0.25, 0.3) is 0 Å². The zero-order chi connectivity index (χ0) is 20.1. The SMILES string of the molecule is [CH2]=[Ru]([Cl])([Cl])=[C]1N(c2c(C)cc(C)cc2C)CCN1c1c(C)cc(C)cc1C. The summed E-state index contributed by atoms with van der Waals surface area (Å²) in [7, 11) is 13.6. The van der Waals surface area contributed by atoms with E-state index in [1.165, 1.54) is 44.8 Å². The molecule has 2 aromatic rings. The summed E-state index contributed by atoms with van der Waals surface area (Å²) in [4.78, 5) is 4.64. The van der Waals surface area contributed by atoms with Crippen molar-refractivity contribution in [1.29, 1.82) is 0 Å². The molecule has 1 fully saturated rings. The molecule has 0 saturated carbocycles. The van der Waals surface area contributed by atoms with Crippen LogP contribution in [0.4, 0.5) is 11.4 Å². The van der Waals surface area contributed by atoms with Gasteiger partial charge in [0.1, 0.15) is 0 Å². The van der Waals surface area contributed by atoms with Crippen LogP contribution < -0.4 is 9.80 Å². The van der Waals surface area contributed by atoms with Gasteiger partial charge in [0, 0.05) is 0 Å². The second-order valence-corrected chi connectivity index (χ2v) is 17.0. The van der Waals surface area contributed by atoms with E-state index in [0.29, 0.717) is 0 Å². The summed E-state index contributed by atoms with van der Waals surface area (Å²) < 4.78 is 1.000. The van der Waals surface area contributed by atoms with E-state index < -0.39 is 11.9 Å².